The topological polar surface area (TPSA) is 192 Å². The third kappa shape index (κ3) is 6.57. The van der Waals surface area contributed by atoms with Gasteiger partial charge in [-0.05, 0) is 91.8 Å². The molecule has 12 nitrogen and oxygen atoms in total. The first kappa shape index (κ1) is 36.8. The molecule has 6 N–H and O–H groups in total. The molecule has 1 heterocycles. The molecule has 0 bridgehead atoms. The zero-order valence-electron chi connectivity index (χ0n) is 28.2. The molecule has 1 saturated heterocycles. The van der Waals surface area contributed by atoms with E-state index >= 15 is 0 Å². The summed E-state index contributed by atoms with van der Waals surface area (Å²) in [5.74, 6) is -0.0431. The molecular formula is C33H58O12S. The molecule has 3 unspecified atom stereocenters. The summed E-state index contributed by atoms with van der Waals surface area (Å²) >= 11 is 0. The molecule has 0 spiro atoms. The Bertz CT molecular complexity index is 1170. The maximum Gasteiger partial charge on any atom is 0.397 e. The van der Waals surface area contributed by atoms with Crippen LogP contribution in [0.25, 0.3) is 0 Å². The Morgan fingerprint density at radius 3 is 2.26 bits per heavy atom. The first-order chi connectivity index (χ1) is 21.4. The summed E-state index contributed by atoms with van der Waals surface area (Å²) in [6.45, 7) is 10.1. The largest absolute Gasteiger partial charge is 0.397 e. The van der Waals surface area contributed by atoms with E-state index in [0.29, 0.717) is 25.7 Å². The van der Waals surface area contributed by atoms with Crippen molar-refractivity contribution in [1.29, 1.82) is 0 Å². The Morgan fingerprint density at radius 1 is 0.957 bits per heavy atom. The summed E-state index contributed by atoms with van der Waals surface area (Å²) in [6.07, 6.45) is -0.342. The minimum atomic E-state index is -4.70. The van der Waals surface area contributed by atoms with E-state index in [1.54, 1.807) is 0 Å². The van der Waals surface area contributed by atoms with Crippen LogP contribution < -0.4 is 0 Å². The Kier molecular flexibility index (Phi) is 10.7. The summed E-state index contributed by atoms with van der Waals surface area (Å²) in [4.78, 5) is 0. The van der Waals surface area contributed by atoms with Crippen LogP contribution in [0.4, 0.5) is 0 Å². The monoisotopic (exact) mass is 678 g/mol. The molecule has 1 aliphatic heterocycles. The van der Waals surface area contributed by atoms with Gasteiger partial charge in [0, 0.05) is 19.4 Å². The lowest BCUT2D eigenvalue weighted by molar-refractivity contribution is -0.263. The van der Waals surface area contributed by atoms with Crippen molar-refractivity contribution in [1.82, 2.24) is 0 Å². The maximum absolute atomic E-state index is 12.6. The van der Waals surface area contributed by atoms with E-state index in [4.69, 9.17) is 18.8 Å². The highest BCUT2D eigenvalue weighted by atomic mass is 32.3. The van der Waals surface area contributed by atoms with Gasteiger partial charge in [0.25, 0.3) is 0 Å². The second-order valence-electron chi connectivity index (χ2n) is 16.2. The van der Waals surface area contributed by atoms with Crippen molar-refractivity contribution >= 4 is 10.4 Å². The van der Waals surface area contributed by atoms with Gasteiger partial charge in [0.05, 0.1) is 36.6 Å². The lowest BCUT2D eigenvalue weighted by atomic mass is 9.42. The molecule has 5 aliphatic rings. The van der Waals surface area contributed by atoms with Gasteiger partial charge in [-0.3, -0.25) is 4.55 Å². The van der Waals surface area contributed by atoms with Crippen LogP contribution in [-0.2, 0) is 28.8 Å². The van der Waals surface area contributed by atoms with Gasteiger partial charge in [0.1, 0.15) is 18.3 Å². The van der Waals surface area contributed by atoms with Gasteiger partial charge >= 0.3 is 10.4 Å². The van der Waals surface area contributed by atoms with E-state index in [2.05, 4.69) is 25.0 Å². The minimum Gasteiger partial charge on any atom is -0.393 e. The minimum absolute atomic E-state index is 0.0399. The van der Waals surface area contributed by atoms with E-state index in [9.17, 15) is 34.0 Å². The molecule has 4 aliphatic carbocycles. The van der Waals surface area contributed by atoms with Crippen molar-refractivity contribution in [2.75, 3.05) is 13.7 Å². The quantitative estimate of drug-likeness (QED) is 0.175. The Hall–Kier alpha value is -0.450. The Balaban J connectivity index is 1.26. The average Bonchev–Trinajstić information content (AvgIpc) is 3.41. The Labute approximate surface area is 274 Å². The van der Waals surface area contributed by atoms with Crippen LogP contribution in [-0.4, -0.2) is 107 Å². The molecule has 0 aromatic heterocycles. The van der Waals surface area contributed by atoms with Crippen molar-refractivity contribution < 1.29 is 56.9 Å². The second kappa shape index (κ2) is 13.4. The molecular weight excluding hydrogens is 620 g/mol. The molecule has 0 amide bonds. The normalized spacial score (nSPS) is 48.9. The van der Waals surface area contributed by atoms with Crippen molar-refractivity contribution in [3.05, 3.63) is 0 Å². The molecule has 46 heavy (non-hydrogen) atoms. The van der Waals surface area contributed by atoms with Crippen LogP contribution in [0.15, 0.2) is 0 Å². The van der Waals surface area contributed by atoms with Crippen molar-refractivity contribution in [3.8, 4) is 0 Å². The first-order valence-corrected chi connectivity index (χ1v) is 18.6. The fourth-order valence-corrected chi connectivity index (χ4v) is 11.5. The average molecular weight is 679 g/mol. The molecule has 268 valence electrons. The van der Waals surface area contributed by atoms with Gasteiger partial charge in [-0.1, -0.05) is 34.6 Å². The standard InChI is InChI=1S/C33H58O12S/c1-17(2)24(44-30-27(37)28(42-6)25(45-30)16-43-46(39,40)41)8-7-18(3)20-14-22(35)29-32(20,5)12-10-26-31(4)11-9-19(34)13-21(31)23(36)15-33(26,29)38/h17-30,34-38H,7-16H2,1-6H3,(H,39,40,41)/t18-,19+,20-,21?,22+,23+,24+,25-,26?,27+,28-,29?,30+,31+,32-,33+/m1/s1. The summed E-state index contributed by atoms with van der Waals surface area (Å²) < 4.78 is 53.0. The molecule has 0 aromatic rings. The molecule has 5 fully saturated rings. The van der Waals surface area contributed by atoms with E-state index in [1.165, 1.54) is 7.11 Å². The van der Waals surface area contributed by atoms with Crippen LogP contribution in [0.5, 0.6) is 0 Å². The third-order valence-electron chi connectivity index (χ3n) is 13.3. The molecule has 5 rings (SSSR count). The van der Waals surface area contributed by atoms with Crippen LogP contribution in [0.1, 0.15) is 92.4 Å². The lowest BCUT2D eigenvalue weighted by Crippen LogP contribution is -2.68. The van der Waals surface area contributed by atoms with Crippen LogP contribution in [0.2, 0.25) is 0 Å². The SMILES string of the molecule is CO[C@H]1[C@H](O)[C@@H](O[C@@H](CC[C@@H](C)[C@H]2C[C@H](O)C3[C@]4(O)C[C@H](O)C5C[C@@H](O)CC[C@]5(C)C4CC[C@@]32C)C(C)C)O[C@@H]1COS(=O)(=O)O. The summed E-state index contributed by atoms with van der Waals surface area (Å²) in [5.41, 5.74) is -1.78. The predicted octanol–water partition coefficient (Wildman–Crippen LogP) is 2.44. The maximum atomic E-state index is 12.6. The van der Waals surface area contributed by atoms with Crippen molar-refractivity contribution in [2.24, 2.45) is 46.3 Å². The zero-order chi connectivity index (χ0) is 34.0. The highest BCUT2D eigenvalue weighted by Crippen LogP contribution is 2.69. The molecule has 0 aromatic carbocycles. The number of ether oxygens (including phenoxy) is 3. The van der Waals surface area contributed by atoms with Gasteiger partial charge < -0.3 is 39.7 Å². The van der Waals surface area contributed by atoms with Gasteiger partial charge in [0.15, 0.2) is 6.29 Å². The highest BCUT2D eigenvalue weighted by molar-refractivity contribution is 7.80. The number of aliphatic hydroxyl groups excluding tert-OH is 4. The van der Waals surface area contributed by atoms with E-state index in [-0.39, 0.29) is 58.9 Å². The predicted molar refractivity (Wildman–Crippen MR) is 167 cm³/mol. The van der Waals surface area contributed by atoms with E-state index in [0.717, 1.165) is 25.7 Å². The van der Waals surface area contributed by atoms with Gasteiger partial charge in [0.2, 0.25) is 0 Å². The number of aliphatic hydroxyl groups is 5. The highest BCUT2D eigenvalue weighted by Gasteiger charge is 2.70. The third-order valence-corrected chi connectivity index (χ3v) is 13.8. The number of methoxy groups -OCH3 is 1. The summed E-state index contributed by atoms with van der Waals surface area (Å²) in [5, 5.41) is 56.8. The van der Waals surface area contributed by atoms with Crippen molar-refractivity contribution in [2.45, 2.75) is 147 Å². The van der Waals surface area contributed by atoms with Gasteiger partial charge in [-0.15, -0.1) is 0 Å². The molecule has 0 radical (unpaired) electrons. The summed E-state index contributed by atoms with van der Waals surface area (Å²) in [7, 11) is -3.33. The van der Waals surface area contributed by atoms with E-state index in [1.807, 2.05) is 13.8 Å². The van der Waals surface area contributed by atoms with Crippen LogP contribution in [0, 0.1) is 46.3 Å². The zero-order valence-corrected chi connectivity index (χ0v) is 29.0. The fourth-order valence-electron chi connectivity index (χ4n) is 11.2. The van der Waals surface area contributed by atoms with Crippen LogP contribution >= 0.6 is 0 Å². The molecule has 4 saturated carbocycles. The van der Waals surface area contributed by atoms with Crippen molar-refractivity contribution in [3.63, 3.8) is 0 Å². The number of hydrogen-bond acceptors (Lipinski definition) is 11. The smallest absolute Gasteiger partial charge is 0.393 e. The molecule has 13 heteroatoms. The Morgan fingerprint density at radius 2 is 1.63 bits per heavy atom. The molecule has 16 atom stereocenters. The van der Waals surface area contributed by atoms with Gasteiger partial charge in [-0.2, -0.15) is 8.42 Å². The number of rotatable bonds is 11. The summed E-state index contributed by atoms with van der Waals surface area (Å²) in [6, 6.07) is 0. The lowest BCUT2D eigenvalue weighted by Gasteiger charge is -2.66. The van der Waals surface area contributed by atoms with Crippen LogP contribution in [0.3, 0.4) is 0 Å². The van der Waals surface area contributed by atoms with Gasteiger partial charge in [-0.25, -0.2) is 4.18 Å². The number of fused-ring (bicyclic) bond motifs is 5. The number of hydrogen-bond donors (Lipinski definition) is 6. The fraction of sp³-hybridized carbons (Fsp3) is 1.00. The van der Waals surface area contributed by atoms with E-state index < -0.39 is 65.5 Å². The second-order valence-corrected chi connectivity index (χ2v) is 17.3. The first-order valence-electron chi connectivity index (χ1n) is 17.3.